The number of aryl methyl sites for hydroxylation is 1. The fourth-order valence-electron chi connectivity index (χ4n) is 2.79. The monoisotopic (exact) mass is 378 g/mol. The number of para-hydroxylation sites is 1. The Morgan fingerprint density at radius 1 is 1.07 bits per heavy atom. The molecular weight excluding hydrogens is 360 g/mol. The van der Waals surface area contributed by atoms with Gasteiger partial charge in [-0.15, -0.1) is 10.2 Å². The first-order valence-electron chi connectivity index (χ1n) is 8.78. The van der Waals surface area contributed by atoms with Crippen molar-refractivity contribution < 1.29 is 9.21 Å². The van der Waals surface area contributed by atoms with Gasteiger partial charge in [-0.25, -0.2) is 4.98 Å². The van der Waals surface area contributed by atoms with Crippen molar-refractivity contribution in [2.24, 2.45) is 0 Å². The fourth-order valence-corrected chi connectivity index (χ4v) is 3.84. The summed E-state index contributed by atoms with van der Waals surface area (Å²) in [7, 11) is 0. The zero-order valence-corrected chi connectivity index (χ0v) is 15.6. The molecule has 0 fully saturated rings. The minimum absolute atomic E-state index is 0.00369. The van der Waals surface area contributed by atoms with Crippen LogP contribution in [0.3, 0.4) is 0 Å². The van der Waals surface area contributed by atoms with E-state index < -0.39 is 0 Å². The molecule has 0 aliphatic carbocycles. The molecular formula is C20H18N4O2S. The van der Waals surface area contributed by atoms with Crippen molar-refractivity contribution in [2.45, 2.75) is 19.8 Å². The Bertz CT molecular complexity index is 1020. The quantitative estimate of drug-likeness (QED) is 0.499. The molecule has 2 aromatic heterocycles. The third-order valence-electron chi connectivity index (χ3n) is 4.17. The van der Waals surface area contributed by atoms with Crippen LogP contribution in [0.15, 0.2) is 59.0 Å². The summed E-state index contributed by atoms with van der Waals surface area (Å²) in [6, 6.07) is 17.5. The standard InChI is InChI=1S/C20H18N4O2S/c1-2-24(20-21-15-10-6-7-11-16(15)27-20)18(25)13-12-17-22-23-19(26-17)14-8-4-3-5-9-14/h3-11H,2,12-13H2,1H3. The van der Waals surface area contributed by atoms with Gasteiger partial charge in [0, 0.05) is 24.9 Å². The number of rotatable bonds is 6. The first-order chi connectivity index (χ1) is 13.2. The predicted octanol–water partition coefficient (Wildman–Crippen LogP) is 4.33. The van der Waals surface area contributed by atoms with E-state index in [0.29, 0.717) is 31.2 Å². The number of aromatic nitrogens is 3. The Kier molecular flexibility index (Phi) is 4.93. The lowest BCUT2D eigenvalue weighted by Gasteiger charge is -2.16. The van der Waals surface area contributed by atoms with Crippen LogP contribution in [0.25, 0.3) is 21.7 Å². The number of hydrogen-bond acceptors (Lipinski definition) is 6. The van der Waals surface area contributed by atoms with Gasteiger partial charge in [-0.3, -0.25) is 9.69 Å². The van der Waals surface area contributed by atoms with E-state index in [2.05, 4.69) is 15.2 Å². The van der Waals surface area contributed by atoms with Gasteiger partial charge in [-0.1, -0.05) is 41.7 Å². The zero-order chi connectivity index (χ0) is 18.6. The Hall–Kier alpha value is -3.06. The summed E-state index contributed by atoms with van der Waals surface area (Å²) in [4.78, 5) is 19.0. The largest absolute Gasteiger partial charge is 0.421 e. The summed E-state index contributed by atoms with van der Waals surface area (Å²) >= 11 is 1.52. The van der Waals surface area contributed by atoms with Crippen LogP contribution >= 0.6 is 11.3 Å². The number of carbonyl (C=O) groups is 1. The van der Waals surface area contributed by atoms with Gasteiger partial charge in [0.05, 0.1) is 10.2 Å². The second kappa shape index (κ2) is 7.67. The molecule has 0 aliphatic rings. The molecule has 4 rings (SSSR count). The van der Waals surface area contributed by atoms with Crippen LogP contribution in [0.4, 0.5) is 5.13 Å². The maximum Gasteiger partial charge on any atom is 0.247 e. The lowest BCUT2D eigenvalue weighted by molar-refractivity contribution is -0.118. The van der Waals surface area contributed by atoms with Crippen LogP contribution < -0.4 is 4.90 Å². The predicted molar refractivity (Wildman–Crippen MR) is 106 cm³/mol. The summed E-state index contributed by atoms with van der Waals surface area (Å²) in [6.45, 7) is 2.52. The van der Waals surface area contributed by atoms with Gasteiger partial charge in [0.15, 0.2) is 5.13 Å². The molecule has 0 unspecified atom stereocenters. The van der Waals surface area contributed by atoms with Gasteiger partial charge < -0.3 is 4.42 Å². The van der Waals surface area contributed by atoms with E-state index in [1.165, 1.54) is 11.3 Å². The second-order valence-corrected chi connectivity index (χ2v) is 6.98. The normalized spacial score (nSPS) is 11.0. The van der Waals surface area contributed by atoms with Gasteiger partial charge in [0.1, 0.15) is 0 Å². The molecule has 0 saturated heterocycles. The minimum Gasteiger partial charge on any atom is -0.421 e. The third-order valence-corrected chi connectivity index (χ3v) is 5.23. The molecule has 27 heavy (non-hydrogen) atoms. The summed E-state index contributed by atoms with van der Waals surface area (Å²) in [6.07, 6.45) is 0.695. The van der Waals surface area contributed by atoms with Gasteiger partial charge >= 0.3 is 0 Å². The topological polar surface area (TPSA) is 72.1 Å². The molecule has 0 saturated carbocycles. The Labute approximate surface area is 160 Å². The molecule has 0 N–H and O–H groups in total. The van der Waals surface area contributed by atoms with Crippen molar-refractivity contribution in [3.05, 3.63) is 60.5 Å². The molecule has 6 nitrogen and oxygen atoms in total. The molecule has 136 valence electrons. The van der Waals surface area contributed by atoms with Crippen molar-refractivity contribution in [1.82, 2.24) is 15.2 Å². The number of carbonyl (C=O) groups excluding carboxylic acids is 1. The van der Waals surface area contributed by atoms with Crippen LogP contribution in [0.1, 0.15) is 19.2 Å². The summed E-state index contributed by atoms with van der Waals surface area (Å²) in [5.41, 5.74) is 1.78. The number of nitrogens with zero attached hydrogens (tertiary/aromatic N) is 4. The van der Waals surface area contributed by atoms with E-state index in [-0.39, 0.29) is 5.91 Å². The average molecular weight is 378 g/mol. The fraction of sp³-hybridized carbons (Fsp3) is 0.200. The van der Waals surface area contributed by atoms with Crippen molar-refractivity contribution in [1.29, 1.82) is 0 Å². The smallest absolute Gasteiger partial charge is 0.247 e. The van der Waals surface area contributed by atoms with Crippen molar-refractivity contribution in [3.63, 3.8) is 0 Å². The first-order valence-corrected chi connectivity index (χ1v) is 9.60. The maximum absolute atomic E-state index is 12.7. The Morgan fingerprint density at radius 3 is 2.63 bits per heavy atom. The van der Waals surface area contributed by atoms with Crippen LogP contribution in [-0.4, -0.2) is 27.6 Å². The third kappa shape index (κ3) is 3.73. The summed E-state index contributed by atoms with van der Waals surface area (Å²) in [5.74, 6) is 0.926. The minimum atomic E-state index is -0.00369. The van der Waals surface area contributed by atoms with E-state index in [1.807, 2.05) is 61.5 Å². The number of amides is 1. The van der Waals surface area contributed by atoms with Gasteiger partial charge in [-0.05, 0) is 31.2 Å². The molecule has 0 aliphatic heterocycles. The number of thiazole rings is 1. The number of anilines is 1. The van der Waals surface area contributed by atoms with Crippen molar-refractivity contribution >= 4 is 32.6 Å². The summed E-state index contributed by atoms with van der Waals surface area (Å²) in [5, 5.41) is 8.84. The van der Waals surface area contributed by atoms with Gasteiger partial charge in [0.2, 0.25) is 17.7 Å². The lowest BCUT2D eigenvalue weighted by atomic mass is 10.2. The zero-order valence-electron chi connectivity index (χ0n) is 14.8. The molecule has 0 radical (unpaired) electrons. The second-order valence-electron chi connectivity index (χ2n) is 5.97. The van der Waals surface area contributed by atoms with E-state index in [0.717, 1.165) is 20.9 Å². The molecule has 7 heteroatoms. The molecule has 2 heterocycles. The summed E-state index contributed by atoms with van der Waals surface area (Å²) < 4.78 is 6.75. The van der Waals surface area contributed by atoms with Crippen LogP contribution in [-0.2, 0) is 11.2 Å². The molecule has 0 spiro atoms. The highest BCUT2D eigenvalue weighted by molar-refractivity contribution is 7.22. The van der Waals surface area contributed by atoms with E-state index in [4.69, 9.17) is 4.42 Å². The van der Waals surface area contributed by atoms with Crippen molar-refractivity contribution in [2.75, 3.05) is 11.4 Å². The van der Waals surface area contributed by atoms with Crippen LogP contribution in [0, 0.1) is 0 Å². The Morgan fingerprint density at radius 2 is 1.85 bits per heavy atom. The Balaban J connectivity index is 1.44. The number of hydrogen-bond donors (Lipinski definition) is 0. The van der Waals surface area contributed by atoms with Gasteiger partial charge in [-0.2, -0.15) is 0 Å². The van der Waals surface area contributed by atoms with E-state index in [1.54, 1.807) is 4.90 Å². The SMILES string of the molecule is CCN(C(=O)CCc1nnc(-c2ccccc2)o1)c1nc2ccccc2s1. The lowest BCUT2D eigenvalue weighted by Crippen LogP contribution is -2.30. The van der Waals surface area contributed by atoms with Crippen LogP contribution in [0.5, 0.6) is 0 Å². The highest BCUT2D eigenvalue weighted by atomic mass is 32.1. The first kappa shape index (κ1) is 17.4. The maximum atomic E-state index is 12.7. The van der Waals surface area contributed by atoms with Gasteiger partial charge in [0.25, 0.3) is 0 Å². The highest BCUT2D eigenvalue weighted by Crippen LogP contribution is 2.29. The van der Waals surface area contributed by atoms with E-state index in [9.17, 15) is 4.79 Å². The molecule has 0 bridgehead atoms. The molecule has 4 aromatic rings. The number of benzene rings is 2. The molecule has 1 amide bonds. The highest BCUT2D eigenvalue weighted by Gasteiger charge is 2.19. The van der Waals surface area contributed by atoms with E-state index >= 15 is 0 Å². The van der Waals surface area contributed by atoms with Crippen LogP contribution in [0.2, 0.25) is 0 Å². The average Bonchev–Trinajstić information content (AvgIpc) is 3.34. The molecule has 0 atom stereocenters. The van der Waals surface area contributed by atoms with Crippen molar-refractivity contribution in [3.8, 4) is 11.5 Å². The number of fused-ring (bicyclic) bond motifs is 1. The molecule has 2 aromatic carbocycles.